The fourth-order valence-electron chi connectivity index (χ4n) is 2.45. The first kappa shape index (κ1) is 17.1. The minimum absolute atomic E-state index is 0.0381. The van der Waals surface area contributed by atoms with Crippen molar-refractivity contribution in [3.63, 3.8) is 0 Å². The second-order valence-electron chi connectivity index (χ2n) is 5.41. The van der Waals surface area contributed by atoms with Crippen LogP contribution in [-0.4, -0.2) is 27.8 Å². The van der Waals surface area contributed by atoms with Crippen LogP contribution in [0.3, 0.4) is 0 Å². The van der Waals surface area contributed by atoms with E-state index < -0.39 is 0 Å². The zero-order valence-corrected chi connectivity index (χ0v) is 14.5. The SMILES string of the molecule is CCOc1cc(/C=C2/SC(=O)N(Cc3ccccc3)C2=O)ccc1O. The largest absolute Gasteiger partial charge is 0.504 e. The van der Waals surface area contributed by atoms with Crippen molar-refractivity contribution in [2.45, 2.75) is 13.5 Å². The number of phenolic OH excluding ortho intramolecular Hbond substituents is 1. The molecule has 0 atom stereocenters. The molecule has 0 aromatic heterocycles. The van der Waals surface area contributed by atoms with Crippen LogP contribution in [0.4, 0.5) is 4.79 Å². The Labute approximate surface area is 149 Å². The number of carbonyl (C=O) groups is 2. The quantitative estimate of drug-likeness (QED) is 0.820. The highest BCUT2D eigenvalue weighted by molar-refractivity contribution is 8.18. The number of aromatic hydroxyl groups is 1. The monoisotopic (exact) mass is 355 g/mol. The molecule has 0 aliphatic carbocycles. The summed E-state index contributed by atoms with van der Waals surface area (Å²) in [6, 6.07) is 14.2. The van der Waals surface area contributed by atoms with Gasteiger partial charge in [0.1, 0.15) is 0 Å². The number of rotatable bonds is 5. The Kier molecular flexibility index (Phi) is 5.09. The average Bonchev–Trinajstić information content (AvgIpc) is 2.86. The Bertz CT molecular complexity index is 833. The fourth-order valence-corrected chi connectivity index (χ4v) is 3.28. The van der Waals surface area contributed by atoms with Crippen molar-refractivity contribution in [2.75, 3.05) is 6.61 Å². The van der Waals surface area contributed by atoms with E-state index in [2.05, 4.69) is 0 Å². The number of ether oxygens (including phenoxy) is 1. The second-order valence-corrected chi connectivity index (χ2v) is 6.41. The summed E-state index contributed by atoms with van der Waals surface area (Å²) in [4.78, 5) is 26.3. The summed E-state index contributed by atoms with van der Waals surface area (Å²) in [5, 5.41) is 9.46. The highest BCUT2D eigenvalue weighted by Crippen LogP contribution is 2.35. The molecular formula is C19H17NO4S. The summed E-state index contributed by atoms with van der Waals surface area (Å²) >= 11 is 0.915. The molecule has 2 aromatic rings. The summed E-state index contributed by atoms with van der Waals surface area (Å²) < 4.78 is 5.34. The Morgan fingerprint density at radius 3 is 2.64 bits per heavy atom. The normalized spacial score (nSPS) is 15.9. The Morgan fingerprint density at radius 2 is 1.92 bits per heavy atom. The zero-order valence-electron chi connectivity index (χ0n) is 13.6. The van der Waals surface area contributed by atoms with Gasteiger partial charge in [-0.3, -0.25) is 14.5 Å². The van der Waals surface area contributed by atoms with E-state index in [1.165, 1.54) is 11.0 Å². The number of phenols is 1. The molecule has 0 spiro atoms. The van der Waals surface area contributed by atoms with E-state index in [0.717, 1.165) is 17.3 Å². The van der Waals surface area contributed by atoms with E-state index >= 15 is 0 Å². The van der Waals surface area contributed by atoms with Gasteiger partial charge in [0.05, 0.1) is 18.1 Å². The molecule has 2 aromatic carbocycles. The predicted molar refractivity (Wildman–Crippen MR) is 97.2 cm³/mol. The van der Waals surface area contributed by atoms with E-state index in [9.17, 15) is 14.7 Å². The van der Waals surface area contributed by atoms with Crippen LogP contribution in [0.5, 0.6) is 11.5 Å². The van der Waals surface area contributed by atoms with E-state index in [4.69, 9.17) is 4.74 Å². The molecule has 0 bridgehead atoms. The summed E-state index contributed by atoms with van der Waals surface area (Å²) in [5.41, 5.74) is 1.58. The van der Waals surface area contributed by atoms with E-state index in [1.807, 2.05) is 37.3 Å². The van der Waals surface area contributed by atoms with Crippen LogP contribution in [0.15, 0.2) is 53.4 Å². The standard InChI is InChI=1S/C19H17NO4S/c1-2-24-16-10-14(8-9-15(16)21)11-17-18(22)20(19(23)25-17)12-13-6-4-3-5-7-13/h3-11,21H,2,12H2,1H3/b17-11+. The third kappa shape index (κ3) is 3.85. The van der Waals surface area contributed by atoms with Gasteiger partial charge in [0, 0.05) is 0 Å². The van der Waals surface area contributed by atoms with Crippen LogP contribution in [0, 0.1) is 0 Å². The molecule has 5 nitrogen and oxygen atoms in total. The first-order valence-electron chi connectivity index (χ1n) is 7.83. The van der Waals surface area contributed by atoms with E-state index in [0.29, 0.717) is 22.8 Å². The highest BCUT2D eigenvalue weighted by Gasteiger charge is 2.34. The lowest BCUT2D eigenvalue weighted by Crippen LogP contribution is -2.27. The molecule has 25 heavy (non-hydrogen) atoms. The maximum atomic E-state index is 12.5. The van der Waals surface area contributed by atoms with E-state index in [-0.39, 0.29) is 23.4 Å². The number of thioether (sulfide) groups is 1. The first-order valence-corrected chi connectivity index (χ1v) is 8.65. The lowest BCUT2D eigenvalue weighted by atomic mass is 10.1. The van der Waals surface area contributed by atoms with Crippen LogP contribution in [0.2, 0.25) is 0 Å². The lowest BCUT2D eigenvalue weighted by molar-refractivity contribution is -0.123. The molecular weight excluding hydrogens is 338 g/mol. The van der Waals surface area contributed by atoms with Crippen molar-refractivity contribution in [1.29, 1.82) is 0 Å². The molecule has 1 fully saturated rings. The number of hydrogen-bond donors (Lipinski definition) is 1. The van der Waals surface area contributed by atoms with Gasteiger partial charge in [0.25, 0.3) is 11.1 Å². The fraction of sp³-hybridized carbons (Fsp3) is 0.158. The smallest absolute Gasteiger partial charge is 0.293 e. The van der Waals surface area contributed by atoms with Gasteiger partial charge in [-0.15, -0.1) is 0 Å². The molecule has 0 saturated carbocycles. The van der Waals surface area contributed by atoms with Crippen molar-refractivity contribution < 1.29 is 19.4 Å². The molecule has 6 heteroatoms. The van der Waals surface area contributed by atoms with Crippen LogP contribution in [-0.2, 0) is 11.3 Å². The molecule has 1 heterocycles. The maximum absolute atomic E-state index is 12.5. The summed E-state index contributed by atoms with van der Waals surface area (Å²) in [6.07, 6.45) is 1.64. The number of amides is 2. The molecule has 1 saturated heterocycles. The van der Waals surface area contributed by atoms with Crippen LogP contribution in [0.25, 0.3) is 6.08 Å². The number of benzene rings is 2. The minimum Gasteiger partial charge on any atom is -0.504 e. The van der Waals surface area contributed by atoms with Crippen molar-refractivity contribution in [3.8, 4) is 11.5 Å². The molecule has 3 rings (SSSR count). The topological polar surface area (TPSA) is 66.8 Å². The third-order valence-corrected chi connectivity index (χ3v) is 4.55. The van der Waals surface area contributed by atoms with E-state index in [1.54, 1.807) is 18.2 Å². The number of nitrogens with zero attached hydrogens (tertiary/aromatic N) is 1. The summed E-state index contributed by atoms with van der Waals surface area (Å²) in [7, 11) is 0. The van der Waals surface area contributed by atoms with Crippen molar-refractivity contribution >= 4 is 29.0 Å². The van der Waals surface area contributed by atoms with Crippen LogP contribution >= 0.6 is 11.8 Å². The van der Waals surface area contributed by atoms with Crippen LogP contribution in [0.1, 0.15) is 18.1 Å². The van der Waals surface area contributed by atoms with Crippen molar-refractivity contribution in [1.82, 2.24) is 4.90 Å². The first-order chi connectivity index (χ1) is 12.1. The van der Waals surface area contributed by atoms with Gasteiger partial charge in [-0.05, 0) is 48.0 Å². The van der Waals surface area contributed by atoms with Gasteiger partial charge in [-0.25, -0.2) is 0 Å². The summed E-state index contributed by atoms with van der Waals surface area (Å²) in [5.74, 6) is 0.0702. The zero-order chi connectivity index (χ0) is 17.8. The third-order valence-electron chi connectivity index (χ3n) is 3.64. The van der Waals surface area contributed by atoms with Gasteiger partial charge in [-0.1, -0.05) is 36.4 Å². The second kappa shape index (κ2) is 7.44. The Morgan fingerprint density at radius 1 is 1.16 bits per heavy atom. The minimum atomic E-state index is -0.315. The molecule has 1 N–H and O–H groups in total. The maximum Gasteiger partial charge on any atom is 0.293 e. The summed E-state index contributed by atoms with van der Waals surface area (Å²) in [6.45, 7) is 2.49. The van der Waals surface area contributed by atoms with Gasteiger partial charge in [-0.2, -0.15) is 0 Å². The Hall–Kier alpha value is -2.73. The number of carbonyl (C=O) groups excluding carboxylic acids is 2. The molecule has 0 radical (unpaired) electrons. The molecule has 0 unspecified atom stereocenters. The van der Waals surface area contributed by atoms with Crippen molar-refractivity contribution in [2.24, 2.45) is 0 Å². The molecule has 128 valence electrons. The molecule has 2 amide bonds. The van der Waals surface area contributed by atoms with Gasteiger partial charge in [0.15, 0.2) is 11.5 Å². The molecule has 1 aliphatic heterocycles. The number of hydrogen-bond acceptors (Lipinski definition) is 5. The van der Waals surface area contributed by atoms with Gasteiger partial charge < -0.3 is 9.84 Å². The average molecular weight is 355 g/mol. The van der Waals surface area contributed by atoms with Crippen molar-refractivity contribution in [3.05, 3.63) is 64.6 Å². The predicted octanol–water partition coefficient (Wildman–Crippen LogP) is 4.03. The van der Waals surface area contributed by atoms with Gasteiger partial charge in [0.2, 0.25) is 0 Å². The highest BCUT2D eigenvalue weighted by atomic mass is 32.2. The lowest BCUT2D eigenvalue weighted by Gasteiger charge is -2.12. The number of imide groups is 1. The van der Waals surface area contributed by atoms with Crippen LogP contribution < -0.4 is 4.74 Å². The Balaban J connectivity index is 1.82. The van der Waals surface area contributed by atoms with Gasteiger partial charge >= 0.3 is 0 Å². The molecule has 1 aliphatic rings.